The molecule has 0 aliphatic carbocycles. The quantitative estimate of drug-likeness (QED) is 0.760. The predicted molar refractivity (Wildman–Crippen MR) is 79.8 cm³/mol. The summed E-state index contributed by atoms with van der Waals surface area (Å²) in [6.07, 6.45) is 1.57. The van der Waals surface area contributed by atoms with Crippen molar-refractivity contribution in [3.05, 3.63) is 53.4 Å². The highest BCUT2D eigenvalue weighted by Crippen LogP contribution is 2.21. The van der Waals surface area contributed by atoms with Crippen molar-refractivity contribution in [3.63, 3.8) is 0 Å². The van der Waals surface area contributed by atoms with Gasteiger partial charge in [-0.2, -0.15) is 0 Å². The number of nitrogens with zero attached hydrogens (tertiary/aromatic N) is 1. The van der Waals surface area contributed by atoms with Crippen LogP contribution < -0.4 is 5.32 Å². The third-order valence-corrected chi connectivity index (χ3v) is 3.85. The highest BCUT2D eigenvalue weighted by Gasteiger charge is 2.06. The average Bonchev–Trinajstić information content (AvgIpc) is 3.14. The van der Waals surface area contributed by atoms with Gasteiger partial charge in [-0.05, 0) is 24.3 Å². The van der Waals surface area contributed by atoms with Crippen LogP contribution in [-0.2, 0) is 22.7 Å². The van der Waals surface area contributed by atoms with Crippen LogP contribution in [0.15, 0.2) is 47.1 Å². The van der Waals surface area contributed by atoms with Crippen LogP contribution in [0.5, 0.6) is 0 Å². The number of hydrogen-bond acceptors (Lipinski definition) is 5. The molecule has 5 nitrogen and oxygen atoms in total. The largest absolute Gasteiger partial charge is 0.467 e. The normalized spacial score (nSPS) is 10.9. The van der Waals surface area contributed by atoms with Crippen LogP contribution in [0.4, 0.5) is 0 Å². The Morgan fingerprint density at radius 2 is 2.19 bits per heavy atom. The smallest absolute Gasteiger partial charge is 0.246 e. The third-order valence-electron chi connectivity index (χ3n) is 2.84. The molecule has 0 aliphatic rings. The Bertz CT molecular complexity index is 688. The van der Waals surface area contributed by atoms with Gasteiger partial charge in [-0.25, -0.2) is 4.98 Å². The van der Waals surface area contributed by atoms with E-state index >= 15 is 0 Å². The first kappa shape index (κ1) is 13.8. The minimum atomic E-state index is -0.174. The number of para-hydroxylation sites is 1. The van der Waals surface area contributed by atoms with Gasteiger partial charge in [-0.3, -0.25) is 4.79 Å². The van der Waals surface area contributed by atoms with Crippen LogP contribution in [0.25, 0.3) is 10.2 Å². The summed E-state index contributed by atoms with van der Waals surface area (Å²) in [5.74, 6) is 0.544. The Balaban J connectivity index is 1.44. The van der Waals surface area contributed by atoms with Crippen LogP contribution in [0.1, 0.15) is 10.8 Å². The molecular formula is C15H14N2O3S. The van der Waals surface area contributed by atoms with E-state index in [-0.39, 0.29) is 12.5 Å². The van der Waals surface area contributed by atoms with Crippen LogP contribution in [0.3, 0.4) is 0 Å². The summed E-state index contributed by atoms with van der Waals surface area (Å²) in [6, 6.07) is 11.5. The lowest BCUT2D eigenvalue weighted by atomic mass is 10.3. The van der Waals surface area contributed by atoms with Gasteiger partial charge in [0.05, 0.1) is 29.6 Å². The van der Waals surface area contributed by atoms with E-state index in [4.69, 9.17) is 9.15 Å². The lowest BCUT2D eigenvalue weighted by molar-refractivity contribution is -0.126. The monoisotopic (exact) mass is 302 g/mol. The van der Waals surface area contributed by atoms with Gasteiger partial charge in [0.15, 0.2) is 0 Å². The number of carbonyl (C=O) groups excluding carboxylic acids is 1. The van der Waals surface area contributed by atoms with Gasteiger partial charge in [0.2, 0.25) is 5.91 Å². The number of hydrogen-bond donors (Lipinski definition) is 1. The van der Waals surface area contributed by atoms with Gasteiger partial charge >= 0.3 is 0 Å². The average molecular weight is 302 g/mol. The SMILES string of the molecule is O=C(COCc1nc2ccccc2s1)NCc1ccco1. The highest BCUT2D eigenvalue weighted by molar-refractivity contribution is 7.18. The zero-order valence-electron chi connectivity index (χ0n) is 11.2. The van der Waals surface area contributed by atoms with Crippen LogP contribution in [0.2, 0.25) is 0 Å². The lowest BCUT2D eigenvalue weighted by Crippen LogP contribution is -2.26. The molecule has 0 saturated heterocycles. The minimum Gasteiger partial charge on any atom is -0.467 e. The first-order chi connectivity index (χ1) is 10.3. The molecule has 21 heavy (non-hydrogen) atoms. The zero-order valence-corrected chi connectivity index (χ0v) is 12.1. The van der Waals surface area contributed by atoms with E-state index in [0.717, 1.165) is 21.0 Å². The van der Waals surface area contributed by atoms with E-state index in [9.17, 15) is 4.79 Å². The number of amides is 1. The molecule has 0 atom stereocenters. The molecule has 0 radical (unpaired) electrons. The molecule has 0 saturated carbocycles. The molecule has 3 aromatic rings. The molecule has 108 valence electrons. The number of benzene rings is 1. The van der Waals surface area contributed by atoms with Gasteiger partial charge in [0, 0.05) is 0 Å². The number of fused-ring (bicyclic) bond motifs is 1. The first-order valence-corrected chi connectivity index (χ1v) is 7.34. The van der Waals surface area contributed by atoms with Gasteiger partial charge in [-0.1, -0.05) is 12.1 Å². The van der Waals surface area contributed by atoms with Gasteiger partial charge in [-0.15, -0.1) is 11.3 Å². The summed E-state index contributed by atoms with van der Waals surface area (Å²) in [5, 5.41) is 3.59. The standard InChI is InChI=1S/C15H14N2O3S/c18-14(16-8-11-4-3-7-20-11)9-19-10-15-17-12-5-1-2-6-13(12)21-15/h1-7H,8-10H2,(H,16,18). The summed E-state index contributed by atoms with van der Waals surface area (Å²) in [6.45, 7) is 0.723. The molecule has 2 heterocycles. The second kappa shape index (κ2) is 6.51. The third kappa shape index (κ3) is 3.68. The van der Waals surface area contributed by atoms with Crippen molar-refractivity contribution in [1.29, 1.82) is 0 Å². The molecule has 1 aromatic carbocycles. The molecule has 1 amide bonds. The molecule has 0 unspecified atom stereocenters. The number of ether oxygens (including phenoxy) is 1. The first-order valence-electron chi connectivity index (χ1n) is 6.52. The Hall–Kier alpha value is -2.18. The zero-order chi connectivity index (χ0) is 14.5. The summed E-state index contributed by atoms with van der Waals surface area (Å²) < 4.78 is 11.6. The number of rotatable bonds is 6. The number of furan rings is 1. The van der Waals surface area contributed by atoms with Gasteiger partial charge < -0.3 is 14.5 Å². The number of nitrogens with one attached hydrogen (secondary N) is 1. The Kier molecular flexibility index (Phi) is 4.28. The molecule has 0 fully saturated rings. The number of carbonyl (C=O) groups is 1. The maximum atomic E-state index is 11.6. The van der Waals surface area contributed by atoms with E-state index in [1.807, 2.05) is 30.3 Å². The molecule has 0 spiro atoms. The van der Waals surface area contributed by atoms with E-state index < -0.39 is 0 Å². The molecule has 3 rings (SSSR count). The molecular weight excluding hydrogens is 288 g/mol. The summed E-state index contributed by atoms with van der Waals surface area (Å²) >= 11 is 1.58. The van der Waals surface area contributed by atoms with Crippen molar-refractivity contribution in [2.75, 3.05) is 6.61 Å². The van der Waals surface area contributed by atoms with E-state index in [1.165, 1.54) is 0 Å². The van der Waals surface area contributed by atoms with Crippen molar-refractivity contribution in [2.45, 2.75) is 13.2 Å². The second-order valence-corrected chi connectivity index (χ2v) is 5.54. The van der Waals surface area contributed by atoms with Crippen LogP contribution in [0, 0.1) is 0 Å². The van der Waals surface area contributed by atoms with E-state index in [1.54, 1.807) is 23.7 Å². The number of aromatic nitrogens is 1. The van der Waals surface area contributed by atoms with E-state index in [2.05, 4.69) is 10.3 Å². The Morgan fingerprint density at radius 1 is 1.29 bits per heavy atom. The molecule has 1 N–H and O–H groups in total. The highest BCUT2D eigenvalue weighted by atomic mass is 32.1. The molecule has 0 aliphatic heterocycles. The van der Waals surface area contributed by atoms with Crippen molar-refractivity contribution in [3.8, 4) is 0 Å². The van der Waals surface area contributed by atoms with Crippen LogP contribution in [-0.4, -0.2) is 17.5 Å². The van der Waals surface area contributed by atoms with Gasteiger partial charge in [0.1, 0.15) is 17.4 Å². The molecule has 0 bridgehead atoms. The topological polar surface area (TPSA) is 64.4 Å². The Labute approximate surface area is 125 Å². The fourth-order valence-electron chi connectivity index (χ4n) is 1.86. The fraction of sp³-hybridized carbons (Fsp3) is 0.200. The Morgan fingerprint density at radius 3 is 3.00 bits per heavy atom. The maximum absolute atomic E-state index is 11.6. The van der Waals surface area contributed by atoms with Gasteiger partial charge in [0.25, 0.3) is 0 Å². The van der Waals surface area contributed by atoms with Crippen molar-refractivity contribution in [1.82, 2.24) is 10.3 Å². The van der Waals surface area contributed by atoms with Crippen molar-refractivity contribution < 1.29 is 13.9 Å². The maximum Gasteiger partial charge on any atom is 0.246 e. The number of thiazole rings is 1. The molecule has 6 heteroatoms. The summed E-state index contributed by atoms with van der Waals surface area (Å²) in [4.78, 5) is 16.0. The van der Waals surface area contributed by atoms with E-state index in [0.29, 0.717) is 13.2 Å². The van der Waals surface area contributed by atoms with Crippen molar-refractivity contribution in [2.24, 2.45) is 0 Å². The summed E-state index contributed by atoms with van der Waals surface area (Å²) in [7, 11) is 0. The second-order valence-electron chi connectivity index (χ2n) is 4.42. The lowest BCUT2D eigenvalue weighted by Gasteiger charge is -2.03. The predicted octanol–water partition coefficient (Wildman–Crippen LogP) is 2.72. The van der Waals surface area contributed by atoms with Crippen molar-refractivity contribution >= 4 is 27.5 Å². The minimum absolute atomic E-state index is 0.0105. The molecule has 2 aromatic heterocycles. The summed E-state index contributed by atoms with van der Waals surface area (Å²) in [5.41, 5.74) is 0.961. The van der Waals surface area contributed by atoms with Crippen LogP contribution >= 0.6 is 11.3 Å². The fourth-order valence-corrected chi connectivity index (χ4v) is 2.77.